The molecule has 1 aromatic rings. The van der Waals surface area contributed by atoms with Crippen LogP contribution in [0.1, 0.15) is 5.56 Å². The Morgan fingerprint density at radius 2 is 1.54 bits per heavy atom. The van der Waals surface area contributed by atoms with E-state index >= 15 is 0 Å². The second-order valence-corrected chi connectivity index (χ2v) is 4.08. The summed E-state index contributed by atoms with van der Waals surface area (Å²) in [5.74, 6) is -4.98. The molecule has 1 rings (SSSR count). The number of aliphatic carboxylic acids is 2. The molecule has 0 amide bonds. The Hall–Kier alpha value is -3.70. The van der Waals surface area contributed by atoms with Gasteiger partial charge in [-0.1, -0.05) is 0 Å². The van der Waals surface area contributed by atoms with Crippen molar-refractivity contribution < 1.29 is 39.1 Å². The molecule has 2 N–H and O–H groups in total. The largest absolute Gasteiger partial charge is 0.490 e. The van der Waals surface area contributed by atoms with Crippen molar-refractivity contribution in [3.05, 3.63) is 37.4 Å². The molecule has 0 atom stereocenters. The summed E-state index contributed by atoms with van der Waals surface area (Å²) in [7, 11) is 1.97. The van der Waals surface area contributed by atoms with E-state index in [0.29, 0.717) is 6.08 Å². The summed E-state index contributed by atoms with van der Waals surface area (Å²) in [6.45, 7) is 0. The second-order valence-electron chi connectivity index (χ2n) is 4.08. The number of nitro groups is 2. The molecule has 128 valence electrons. The van der Waals surface area contributed by atoms with Gasteiger partial charge in [0, 0.05) is 6.07 Å². The smallest absolute Gasteiger partial charge is 0.359 e. The van der Waals surface area contributed by atoms with Gasteiger partial charge in [-0.3, -0.25) is 20.2 Å². The molecule has 1 aromatic carbocycles. The van der Waals surface area contributed by atoms with Crippen LogP contribution < -0.4 is 9.47 Å². The van der Waals surface area contributed by atoms with Gasteiger partial charge < -0.3 is 19.7 Å². The first-order valence-corrected chi connectivity index (χ1v) is 5.91. The van der Waals surface area contributed by atoms with Gasteiger partial charge in [0.25, 0.3) is 5.75 Å². The average molecular weight is 342 g/mol. The zero-order valence-corrected chi connectivity index (χ0v) is 12.2. The van der Waals surface area contributed by atoms with Crippen molar-refractivity contribution >= 4 is 29.4 Å². The van der Waals surface area contributed by atoms with Gasteiger partial charge >= 0.3 is 23.3 Å². The highest BCUT2D eigenvalue weighted by Gasteiger charge is 2.35. The van der Waals surface area contributed by atoms with Gasteiger partial charge in [0.05, 0.1) is 29.6 Å². The van der Waals surface area contributed by atoms with Crippen LogP contribution in [-0.4, -0.2) is 46.2 Å². The van der Waals surface area contributed by atoms with Crippen molar-refractivity contribution in [1.82, 2.24) is 0 Å². The van der Waals surface area contributed by atoms with Crippen LogP contribution in [0.4, 0.5) is 11.4 Å². The number of hydrogen-bond acceptors (Lipinski definition) is 8. The molecular formula is C12H10N2O10. The van der Waals surface area contributed by atoms with E-state index in [2.05, 4.69) is 0 Å². The zero-order valence-electron chi connectivity index (χ0n) is 12.2. The molecule has 0 aliphatic heterocycles. The van der Waals surface area contributed by atoms with E-state index in [1.54, 1.807) is 0 Å². The number of methoxy groups -OCH3 is 2. The van der Waals surface area contributed by atoms with E-state index in [4.69, 9.17) is 19.7 Å². The lowest BCUT2D eigenvalue weighted by molar-refractivity contribution is -0.396. The number of carboxylic acid groups (broad SMARTS) is 2. The number of ether oxygens (including phenoxy) is 2. The first-order chi connectivity index (χ1) is 11.1. The van der Waals surface area contributed by atoms with Crippen molar-refractivity contribution in [2.24, 2.45) is 0 Å². The molecule has 0 radical (unpaired) electrons. The number of benzene rings is 1. The van der Waals surface area contributed by atoms with Gasteiger partial charge in [0.1, 0.15) is 5.57 Å². The Kier molecular flexibility index (Phi) is 5.38. The second kappa shape index (κ2) is 7.04. The lowest BCUT2D eigenvalue weighted by Gasteiger charge is -2.09. The van der Waals surface area contributed by atoms with Gasteiger partial charge in [-0.05, 0) is 6.08 Å². The molecule has 12 nitrogen and oxygen atoms in total. The molecule has 0 aliphatic carbocycles. The Balaban J connectivity index is 3.95. The number of nitrogens with zero attached hydrogens (tertiary/aromatic N) is 2. The summed E-state index contributed by atoms with van der Waals surface area (Å²) >= 11 is 0. The van der Waals surface area contributed by atoms with Crippen molar-refractivity contribution in [2.75, 3.05) is 14.2 Å². The maximum absolute atomic E-state index is 11.2. The maximum atomic E-state index is 11.2. The van der Waals surface area contributed by atoms with Crippen molar-refractivity contribution in [3.63, 3.8) is 0 Å². The van der Waals surface area contributed by atoms with E-state index in [1.165, 1.54) is 0 Å². The van der Waals surface area contributed by atoms with Gasteiger partial charge in [0.15, 0.2) is 0 Å². The number of carbonyl (C=O) groups is 2. The number of carboxylic acids is 2. The SMILES string of the molecule is COc1cc(C=C(C(=O)O)C(=O)O)c([N+](=O)[O-])c(OC)c1[N+](=O)[O-]. The minimum atomic E-state index is -1.85. The average Bonchev–Trinajstić information content (AvgIpc) is 2.49. The molecule has 0 saturated carbocycles. The van der Waals surface area contributed by atoms with Crippen molar-refractivity contribution in [3.8, 4) is 11.5 Å². The van der Waals surface area contributed by atoms with Crippen LogP contribution in [0.15, 0.2) is 11.6 Å². The summed E-state index contributed by atoms with van der Waals surface area (Å²) in [4.78, 5) is 42.1. The summed E-state index contributed by atoms with van der Waals surface area (Å²) in [6.07, 6.45) is 0.484. The molecule has 0 spiro atoms. The lowest BCUT2D eigenvalue weighted by Crippen LogP contribution is -2.11. The zero-order chi connectivity index (χ0) is 18.6. The number of hydrogen-bond donors (Lipinski definition) is 2. The van der Waals surface area contributed by atoms with Gasteiger partial charge in [-0.15, -0.1) is 0 Å². The normalized spacial score (nSPS) is 9.75. The number of nitro benzene ring substituents is 2. The predicted molar refractivity (Wildman–Crippen MR) is 76.1 cm³/mol. The predicted octanol–water partition coefficient (Wildman–Crippen LogP) is 1.07. The Labute approximate surface area is 132 Å². The fourth-order valence-corrected chi connectivity index (χ4v) is 1.82. The first kappa shape index (κ1) is 18.3. The van der Waals surface area contributed by atoms with Gasteiger partial charge in [0.2, 0.25) is 5.75 Å². The topological polar surface area (TPSA) is 179 Å². The third-order valence-electron chi connectivity index (χ3n) is 2.77. The molecule has 24 heavy (non-hydrogen) atoms. The van der Waals surface area contributed by atoms with E-state index in [1.807, 2.05) is 0 Å². The molecule has 0 bridgehead atoms. The fraction of sp³-hybridized carbons (Fsp3) is 0.167. The van der Waals surface area contributed by atoms with Crippen molar-refractivity contribution in [1.29, 1.82) is 0 Å². The van der Waals surface area contributed by atoms with Gasteiger partial charge in [-0.2, -0.15) is 0 Å². The van der Waals surface area contributed by atoms with Crippen LogP contribution in [0.3, 0.4) is 0 Å². The molecule has 0 unspecified atom stereocenters. The lowest BCUT2D eigenvalue weighted by atomic mass is 10.1. The number of rotatable bonds is 7. The van der Waals surface area contributed by atoms with Gasteiger partial charge in [-0.25, -0.2) is 9.59 Å². The molecule has 12 heteroatoms. The summed E-state index contributed by atoms with van der Waals surface area (Å²) in [5.41, 5.74) is -3.55. The minimum Gasteiger partial charge on any atom is -0.490 e. The molecule has 0 aromatic heterocycles. The van der Waals surface area contributed by atoms with Crippen LogP contribution in [0.2, 0.25) is 0 Å². The Morgan fingerprint density at radius 1 is 1.04 bits per heavy atom. The quantitative estimate of drug-likeness (QED) is 0.239. The van der Waals surface area contributed by atoms with Crippen LogP contribution in [-0.2, 0) is 9.59 Å². The third-order valence-corrected chi connectivity index (χ3v) is 2.77. The van der Waals surface area contributed by atoms with E-state index < -0.39 is 55.8 Å². The van der Waals surface area contributed by atoms with E-state index in [0.717, 1.165) is 20.3 Å². The highest BCUT2D eigenvalue weighted by atomic mass is 16.6. The monoisotopic (exact) mass is 342 g/mol. The van der Waals surface area contributed by atoms with Crippen LogP contribution in [0.25, 0.3) is 6.08 Å². The Bertz CT molecular complexity index is 752. The Morgan fingerprint density at radius 3 is 1.88 bits per heavy atom. The molecule has 0 heterocycles. The van der Waals surface area contributed by atoms with E-state index in [9.17, 15) is 29.8 Å². The molecule has 0 aliphatic rings. The van der Waals surface area contributed by atoms with Crippen LogP contribution in [0, 0.1) is 20.2 Å². The molecular weight excluding hydrogens is 332 g/mol. The minimum absolute atomic E-state index is 0.469. The fourth-order valence-electron chi connectivity index (χ4n) is 1.82. The first-order valence-electron chi connectivity index (χ1n) is 5.91. The third kappa shape index (κ3) is 3.37. The molecule has 0 saturated heterocycles. The highest BCUT2D eigenvalue weighted by molar-refractivity contribution is 6.16. The van der Waals surface area contributed by atoms with Crippen LogP contribution in [0.5, 0.6) is 11.5 Å². The van der Waals surface area contributed by atoms with Crippen molar-refractivity contribution in [2.45, 2.75) is 0 Å². The molecule has 0 fully saturated rings. The van der Waals surface area contributed by atoms with E-state index in [-0.39, 0.29) is 0 Å². The standard InChI is InChI=1S/C12H10N2O10/c1-23-7-4-5(3-6(11(15)16)12(17)18)8(13(19)20)10(24-2)9(7)14(21)22/h3-4H,1-2H3,(H,15,16)(H,17,18). The highest BCUT2D eigenvalue weighted by Crippen LogP contribution is 2.46. The summed E-state index contributed by atoms with van der Waals surface area (Å²) in [6, 6.07) is 0.782. The summed E-state index contributed by atoms with van der Waals surface area (Å²) < 4.78 is 9.46. The summed E-state index contributed by atoms with van der Waals surface area (Å²) in [5, 5.41) is 40.0. The maximum Gasteiger partial charge on any atom is 0.359 e. The van der Waals surface area contributed by atoms with Crippen LogP contribution >= 0.6 is 0 Å².